The van der Waals surface area contributed by atoms with Crippen LogP contribution in [-0.2, 0) is 10.0 Å². The number of aromatic carboxylic acids is 1. The Morgan fingerprint density at radius 3 is 2.45 bits per heavy atom. The van der Waals surface area contributed by atoms with Gasteiger partial charge in [-0.3, -0.25) is 0 Å². The molecule has 0 fully saturated rings. The van der Waals surface area contributed by atoms with Gasteiger partial charge in [-0.15, -0.1) is 0 Å². The highest BCUT2D eigenvalue weighted by Gasteiger charge is 2.21. The van der Waals surface area contributed by atoms with Crippen LogP contribution < -0.4 is 4.72 Å². The fourth-order valence-corrected chi connectivity index (χ4v) is 3.48. The highest BCUT2D eigenvalue weighted by molar-refractivity contribution is 7.99. The van der Waals surface area contributed by atoms with E-state index in [1.807, 2.05) is 13.2 Å². The number of rotatable bonds is 6. The summed E-state index contributed by atoms with van der Waals surface area (Å²) in [5.41, 5.74) is 1.09. The molecule has 2 N–H and O–H groups in total. The van der Waals surface area contributed by atoms with Gasteiger partial charge in [0.15, 0.2) is 0 Å². The zero-order chi connectivity index (χ0) is 15.5. The maximum Gasteiger partial charge on any atom is 0.335 e. The standard InChI is InChI=1S/C13H19NO4S2/c1-8-5-9(2)12(6-11(8)13(15)16)20(17,18)14-7-10(3)19-4/h5-6,10,14H,7H2,1-4H3,(H,15,16). The van der Waals surface area contributed by atoms with Crippen LogP contribution >= 0.6 is 11.8 Å². The lowest BCUT2D eigenvalue weighted by Crippen LogP contribution is -2.30. The molecule has 1 rings (SSSR count). The number of carbonyl (C=O) groups is 1. The Bertz CT molecular complexity index is 611. The number of nitrogens with one attached hydrogen (secondary N) is 1. The van der Waals surface area contributed by atoms with Crippen LogP contribution in [0.1, 0.15) is 28.4 Å². The first kappa shape index (κ1) is 17.0. The molecule has 0 amide bonds. The Kier molecular flexibility index (Phi) is 5.61. The van der Waals surface area contributed by atoms with Crippen molar-refractivity contribution in [3.63, 3.8) is 0 Å². The van der Waals surface area contributed by atoms with Crippen LogP contribution in [0.25, 0.3) is 0 Å². The van der Waals surface area contributed by atoms with Gasteiger partial charge in [0.2, 0.25) is 10.0 Å². The quantitative estimate of drug-likeness (QED) is 0.839. The number of thioether (sulfide) groups is 1. The number of hydrogen-bond acceptors (Lipinski definition) is 4. The first-order valence-corrected chi connectivity index (χ1v) is 8.83. The fourth-order valence-electron chi connectivity index (χ4n) is 1.74. The minimum absolute atomic E-state index is 0.00823. The van der Waals surface area contributed by atoms with Gasteiger partial charge in [0.25, 0.3) is 0 Å². The van der Waals surface area contributed by atoms with E-state index in [4.69, 9.17) is 5.11 Å². The van der Waals surface area contributed by atoms with Gasteiger partial charge in [0.1, 0.15) is 0 Å². The SMILES string of the molecule is CSC(C)CNS(=O)(=O)c1cc(C(=O)O)c(C)cc1C. The molecule has 1 unspecified atom stereocenters. The average Bonchev–Trinajstić information content (AvgIpc) is 2.35. The second kappa shape index (κ2) is 6.60. The summed E-state index contributed by atoms with van der Waals surface area (Å²) in [5, 5.41) is 9.23. The van der Waals surface area contributed by atoms with Crippen LogP contribution in [0, 0.1) is 13.8 Å². The highest BCUT2D eigenvalue weighted by atomic mass is 32.2. The minimum atomic E-state index is -3.70. The smallest absolute Gasteiger partial charge is 0.335 e. The van der Waals surface area contributed by atoms with Crippen molar-refractivity contribution in [3.05, 3.63) is 28.8 Å². The van der Waals surface area contributed by atoms with Crippen LogP contribution in [0.15, 0.2) is 17.0 Å². The van der Waals surface area contributed by atoms with Gasteiger partial charge in [-0.2, -0.15) is 11.8 Å². The van der Waals surface area contributed by atoms with Crippen molar-refractivity contribution >= 4 is 27.8 Å². The highest BCUT2D eigenvalue weighted by Crippen LogP contribution is 2.21. The molecule has 1 aromatic carbocycles. The second-order valence-corrected chi connectivity index (χ2v) is 7.65. The topological polar surface area (TPSA) is 83.5 Å². The number of aryl methyl sites for hydroxylation is 2. The maximum atomic E-state index is 12.2. The first-order valence-electron chi connectivity index (χ1n) is 6.06. The molecule has 0 bridgehead atoms. The normalized spacial score (nSPS) is 13.2. The Labute approximate surface area is 123 Å². The number of hydrogen-bond donors (Lipinski definition) is 2. The summed E-state index contributed by atoms with van der Waals surface area (Å²) < 4.78 is 27.0. The molecular weight excluding hydrogens is 298 g/mol. The van der Waals surface area contributed by atoms with E-state index in [1.54, 1.807) is 31.7 Å². The van der Waals surface area contributed by atoms with Gasteiger partial charge in [0, 0.05) is 11.8 Å². The number of carboxylic acids is 1. The molecule has 0 radical (unpaired) electrons. The van der Waals surface area contributed by atoms with Crippen LogP contribution in [0.4, 0.5) is 0 Å². The van der Waals surface area contributed by atoms with E-state index in [-0.39, 0.29) is 15.7 Å². The van der Waals surface area contributed by atoms with E-state index >= 15 is 0 Å². The molecule has 5 nitrogen and oxygen atoms in total. The number of carboxylic acid groups (broad SMARTS) is 1. The van der Waals surface area contributed by atoms with Crippen LogP contribution in [0.5, 0.6) is 0 Å². The zero-order valence-electron chi connectivity index (χ0n) is 11.9. The van der Waals surface area contributed by atoms with Gasteiger partial charge in [0.05, 0.1) is 10.5 Å². The molecule has 0 aliphatic rings. The predicted octanol–water partition coefficient (Wildman–Crippen LogP) is 2.03. The summed E-state index contributed by atoms with van der Waals surface area (Å²) in [6, 6.07) is 2.80. The molecule has 0 spiro atoms. The van der Waals surface area contributed by atoms with Crippen molar-refractivity contribution in [1.29, 1.82) is 0 Å². The molecule has 0 aromatic heterocycles. The number of sulfonamides is 1. The molecule has 112 valence electrons. The van der Waals surface area contributed by atoms with E-state index < -0.39 is 16.0 Å². The molecule has 1 aromatic rings. The third kappa shape index (κ3) is 3.97. The van der Waals surface area contributed by atoms with Crippen molar-refractivity contribution in [3.8, 4) is 0 Å². The van der Waals surface area contributed by atoms with Gasteiger partial charge in [-0.05, 0) is 37.3 Å². The lowest BCUT2D eigenvalue weighted by atomic mass is 10.1. The van der Waals surface area contributed by atoms with Crippen LogP contribution in [0.3, 0.4) is 0 Å². The van der Waals surface area contributed by atoms with Gasteiger partial charge < -0.3 is 5.11 Å². The summed E-state index contributed by atoms with van der Waals surface area (Å²) in [4.78, 5) is 11.1. The second-order valence-electron chi connectivity index (χ2n) is 4.64. The third-order valence-electron chi connectivity index (χ3n) is 3.01. The van der Waals surface area contributed by atoms with Crippen LogP contribution in [-0.4, -0.2) is 37.5 Å². The Balaban J connectivity index is 3.18. The Hall–Kier alpha value is -1.05. The van der Waals surface area contributed by atoms with Crippen LogP contribution in [0.2, 0.25) is 0 Å². The summed E-state index contributed by atoms with van der Waals surface area (Å²) in [6.45, 7) is 5.53. The molecule has 0 aliphatic heterocycles. The minimum Gasteiger partial charge on any atom is -0.478 e. The van der Waals surface area contributed by atoms with Crippen molar-refractivity contribution < 1.29 is 18.3 Å². The van der Waals surface area contributed by atoms with Crippen molar-refractivity contribution in [2.45, 2.75) is 30.9 Å². The summed E-state index contributed by atoms with van der Waals surface area (Å²) >= 11 is 1.55. The Morgan fingerprint density at radius 1 is 1.35 bits per heavy atom. The van der Waals surface area contributed by atoms with Crippen molar-refractivity contribution in [2.75, 3.05) is 12.8 Å². The molecule has 0 saturated carbocycles. The molecule has 0 aliphatic carbocycles. The lowest BCUT2D eigenvalue weighted by molar-refractivity contribution is 0.0696. The van der Waals surface area contributed by atoms with E-state index in [1.165, 1.54) is 6.07 Å². The van der Waals surface area contributed by atoms with Crippen molar-refractivity contribution in [1.82, 2.24) is 4.72 Å². The average molecular weight is 317 g/mol. The largest absolute Gasteiger partial charge is 0.478 e. The molecule has 1 atom stereocenters. The molecular formula is C13H19NO4S2. The lowest BCUT2D eigenvalue weighted by Gasteiger charge is -2.14. The molecule has 7 heteroatoms. The van der Waals surface area contributed by atoms with Gasteiger partial charge in [-0.25, -0.2) is 17.9 Å². The zero-order valence-corrected chi connectivity index (χ0v) is 13.6. The predicted molar refractivity (Wildman–Crippen MR) is 81.0 cm³/mol. The van der Waals surface area contributed by atoms with Gasteiger partial charge >= 0.3 is 5.97 Å². The summed E-state index contributed by atoms with van der Waals surface area (Å²) in [7, 11) is -3.70. The Morgan fingerprint density at radius 2 is 1.95 bits per heavy atom. The third-order valence-corrected chi connectivity index (χ3v) is 5.54. The van der Waals surface area contributed by atoms with E-state index in [0.717, 1.165) is 0 Å². The van der Waals surface area contributed by atoms with E-state index in [2.05, 4.69) is 4.72 Å². The summed E-state index contributed by atoms with van der Waals surface area (Å²) in [6.07, 6.45) is 1.90. The molecule has 0 saturated heterocycles. The van der Waals surface area contributed by atoms with E-state index in [0.29, 0.717) is 17.7 Å². The van der Waals surface area contributed by atoms with Gasteiger partial charge in [-0.1, -0.05) is 13.0 Å². The maximum absolute atomic E-state index is 12.2. The fraction of sp³-hybridized carbons (Fsp3) is 0.462. The summed E-state index contributed by atoms with van der Waals surface area (Å²) in [5.74, 6) is -1.13. The monoisotopic (exact) mass is 317 g/mol. The van der Waals surface area contributed by atoms with E-state index in [9.17, 15) is 13.2 Å². The first-order chi connectivity index (χ1) is 9.19. The molecule has 20 heavy (non-hydrogen) atoms. The number of benzene rings is 1. The molecule has 0 heterocycles. The van der Waals surface area contributed by atoms with Crippen molar-refractivity contribution in [2.24, 2.45) is 0 Å².